The fourth-order valence-electron chi connectivity index (χ4n) is 2.68. The number of aliphatic carboxylic acids is 1. The van der Waals surface area contributed by atoms with E-state index >= 15 is 0 Å². The highest BCUT2D eigenvalue weighted by molar-refractivity contribution is 6.31. The molecule has 2 aromatic carbocycles. The van der Waals surface area contributed by atoms with Crippen LogP contribution in [0.5, 0.6) is 5.75 Å². The standard InChI is InChI=1S/C19H19ClFNO4/c1-19(11-18(24)25,13-4-3-5-15(9-13)26-2)22-17(23)8-12-6-7-14(21)10-16(12)20/h3-7,9-10H,8,11H2,1-2H3,(H,22,23)(H,24,25). The first-order valence-corrected chi connectivity index (χ1v) is 8.22. The maximum absolute atomic E-state index is 13.1. The number of ether oxygens (including phenoxy) is 1. The summed E-state index contributed by atoms with van der Waals surface area (Å²) in [7, 11) is 1.50. The summed E-state index contributed by atoms with van der Waals surface area (Å²) in [6.07, 6.45) is -0.415. The second-order valence-electron chi connectivity index (χ2n) is 6.10. The monoisotopic (exact) mass is 379 g/mol. The summed E-state index contributed by atoms with van der Waals surface area (Å²) in [5.41, 5.74) is -0.101. The van der Waals surface area contributed by atoms with Crippen molar-refractivity contribution in [3.05, 3.63) is 64.4 Å². The molecule has 0 aliphatic heterocycles. The molecule has 0 fully saturated rings. The van der Waals surface area contributed by atoms with Gasteiger partial charge in [0.2, 0.25) is 5.91 Å². The van der Waals surface area contributed by atoms with E-state index in [2.05, 4.69) is 5.32 Å². The molecule has 0 aliphatic rings. The molecule has 0 heterocycles. The zero-order valence-corrected chi connectivity index (χ0v) is 15.1. The van der Waals surface area contributed by atoms with Crippen LogP contribution >= 0.6 is 11.6 Å². The van der Waals surface area contributed by atoms with E-state index in [4.69, 9.17) is 16.3 Å². The second-order valence-corrected chi connectivity index (χ2v) is 6.50. The van der Waals surface area contributed by atoms with E-state index in [0.29, 0.717) is 16.9 Å². The summed E-state index contributed by atoms with van der Waals surface area (Å²) in [6, 6.07) is 10.6. The molecule has 0 radical (unpaired) electrons. The average Bonchev–Trinajstić information content (AvgIpc) is 2.56. The predicted molar refractivity (Wildman–Crippen MR) is 95.9 cm³/mol. The number of carboxylic acids is 1. The first-order chi connectivity index (χ1) is 12.2. The van der Waals surface area contributed by atoms with E-state index in [1.54, 1.807) is 31.2 Å². The Bertz CT molecular complexity index is 827. The first-order valence-electron chi connectivity index (χ1n) is 7.85. The number of carbonyl (C=O) groups excluding carboxylic acids is 1. The zero-order chi connectivity index (χ0) is 19.3. The minimum atomic E-state index is -1.15. The van der Waals surface area contributed by atoms with E-state index in [1.165, 1.54) is 19.2 Å². The van der Waals surface area contributed by atoms with Crippen LogP contribution in [0.15, 0.2) is 42.5 Å². The molecule has 0 saturated carbocycles. The Morgan fingerprint density at radius 2 is 2.00 bits per heavy atom. The zero-order valence-electron chi connectivity index (χ0n) is 14.4. The van der Waals surface area contributed by atoms with Crippen LogP contribution in [0, 0.1) is 5.82 Å². The van der Waals surface area contributed by atoms with Gasteiger partial charge in [-0.25, -0.2) is 4.39 Å². The van der Waals surface area contributed by atoms with Gasteiger partial charge in [-0.1, -0.05) is 29.8 Å². The number of rotatable bonds is 7. The fraction of sp³-hybridized carbons (Fsp3) is 0.263. The number of carboxylic acid groups (broad SMARTS) is 1. The van der Waals surface area contributed by atoms with Crippen LogP contribution in [0.4, 0.5) is 4.39 Å². The third-order valence-corrected chi connectivity index (χ3v) is 4.34. The number of carbonyl (C=O) groups is 2. The lowest BCUT2D eigenvalue weighted by atomic mass is 9.88. The molecule has 26 heavy (non-hydrogen) atoms. The van der Waals surface area contributed by atoms with Crippen molar-refractivity contribution in [1.29, 1.82) is 0 Å². The molecule has 5 nitrogen and oxygen atoms in total. The molecule has 1 unspecified atom stereocenters. The molecule has 2 N–H and O–H groups in total. The largest absolute Gasteiger partial charge is 0.497 e. The number of amides is 1. The number of hydrogen-bond donors (Lipinski definition) is 2. The highest BCUT2D eigenvalue weighted by Crippen LogP contribution is 2.28. The van der Waals surface area contributed by atoms with E-state index < -0.39 is 23.2 Å². The molecule has 138 valence electrons. The van der Waals surface area contributed by atoms with Crippen molar-refractivity contribution in [3.63, 3.8) is 0 Å². The summed E-state index contributed by atoms with van der Waals surface area (Å²) >= 11 is 5.96. The van der Waals surface area contributed by atoms with Crippen molar-refractivity contribution in [2.45, 2.75) is 25.3 Å². The Kier molecular flexibility index (Phi) is 6.21. The summed E-state index contributed by atoms with van der Waals surface area (Å²) in [6.45, 7) is 1.63. The lowest BCUT2D eigenvalue weighted by molar-refractivity contribution is -0.139. The average molecular weight is 380 g/mol. The van der Waals surface area contributed by atoms with Crippen molar-refractivity contribution < 1.29 is 23.8 Å². The van der Waals surface area contributed by atoms with Gasteiger partial charge in [0, 0.05) is 5.02 Å². The number of halogens is 2. The van der Waals surface area contributed by atoms with Crippen LogP contribution in [-0.2, 0) is 21.5 Å². The molecule has 0 aromatic heterocycles. The summed E-state index contributed by atoms with van der Waals surface area (Å²) < 4.78 is 18.3. The van der Waals surface area contributed by atoms with Crippen LogP contribution < -0.4 is 10.1 Å². The van der Waals surface area contributed by atoms with Gasteiger partial charge >= 0.3 is 5.97 Å². The molecular formula is C19H19ClFNO4. The molecule has 0 saturated heterocycles. The van der Waals surface area contributed by atoms with Crippen molar-refractivity contribution in [2.75, 3.05) is 7.11 Å². The van der Waals surface area contributed by atoms with Gasteiger partial charge in [-0.2, -0.15) is 0 Å². The van der Waals surface area contributed by atoms with Crippen molar-refractivity contribution in [1.82, 2.24) is 5.32 Å². The van der Waals surface area contributed by atoms with Gasteiger partial charge in [-0.15, -0.1) is 0 Å². The van der Waals surface area contributed by atoms with Crippen molar-refractivity contribution >= 4 is 23.5 Å². The molecule has 0 spiro atoms. The molecular weight excluding hydrogens is 361 g/mol. The van der Waals surface area contributed by atoms with Gasteiger partial charge in [-0.3, -0.25) is 9.59 Å². The molecule has 1 amide bonds. The Morgan fingerprint density at radius 3 is 2.62 bits per heavy atom. The van der Waals surface area contributed by atoms with Crippen LogP contribution in [0.1, 0.15) is 24.5 Å². The third-order valence-electron chi connectivity index (χ3n) is 3.99. The second kappa shape index (κ2) is 8.19. The minimum Gasteiger partial charge on any atom is -0.497 e. The SMILES string of the molecule is COc1cccc(C(C)(CC(=O)O)NC(=O)Cc2ccc(F)cc2Cl)c1. The van der Waals surface area contributed by atoms with Gasteiger partial charge in [0.1, 0.15) is 11.6 Å². The molecule has 1 atom stereocenters. The van der Waals surface area contributed by atoms with Gasteiger partial charge < -0.3 is 15.2 Å². The maximum Gasteiger partial charge on any atom is 0.306 e. The Morgan fingerprint density at radius 1 is 1.27 bits per heavy atom. The van der Waals surface area contributed by atoms with Gasteiger partial charge in [0.15, 0.2) is 0 Å². The van der Waals surface area contributed by atoms with Crippen molar-refractivity contribution in [3.8, 4) is 5.75 Å². The fourth-order valence-corrected chi connectivity index (χ4v) is 2.91. The van der Waals surface area contributed by atoms with Crippen molar-refractivity contribution in [2.24, 2.45) is 0 Å². The lowest BCUT2D eigenvalue weighted by Crippen LogP contribution is -2.45. The predicted octanol–water partition coefficient (Wildman–Crippen LogP) is 3.54. The van der Waals surface area contributed by atoms with Crippen LogP contribution in [0.3, 0.4) is 0 Å². The summed E-state index contributed by atoms with van der Waals surface area (Å²) in [4.78, 5) is 23.8. The van der Waals surface area contributed by atoms with E-state index in [-0.39, 0.29) is 17.9 Å². The van der Waals surface area contributed by atoms with Crippen LogP contribution in [0.25, 0.3) is 0 Å². The Labute approximate surface area is 155 Å². The summed E-state index contributed by atoms with van der Waals surface area (Å²) in [5.74, 6) is -1.43. The van der Waals surface area contributed by atoms with Crippen LogP contribution in [0.2, 0.25) is 5.02 Å². The number of hydrogen-bond acceptors (Lipinski definition) is 3. The Hall–Kier alpha value is -2.60. The van der Waals surface area contributed by atoms with E-state index in [0.717, 1.165) is 6.07 Å². The molecule has 0 bridgehead atoms. The molecule has 2 rings (SSSR count). The minimum absolute atomic E-state index is 0.0989. The number of nitrogens with one attached hydrogen (secondary N) is 1. The highest BCUT2D eigenvalue weighted by atomic mass is 35.5. The van der Waals surface area contributed by atoms with Gasteiger partial charge in [0.05, 0.1) is 25.5 Å². The normalized spacial score (nSPS) is 12.9. The summed E-state index contributed by atoms with van der Waals surface area (Å²) in [5, 5.41) is 12.2. The van der Waals surface area contributed by atoms with Gasteiger partial charge in [-0.05, 0) is 42.3 Å². The third kappa shape index (κ3) is 4.95. The molecule has 7 heteroatoms. The number of methoxy groups -OCH3 is 1. The Balaban J connectivity index is 2.26. The van der Waals surface area contributed by atoms with Crippen LogP contribution in [-0.4, -0.2) is 24.1 Å². The molecule has 2 aromatic rings. The van der Waals surface area contributed by atoms with Gasteiger partial charge in [0.25, 0.3) is 0 Å². The van der Waals surface area contributed by atoms with E-state index in [9.17, 15) is 19.1 Å². The topological polar surface area (TPSA) is 75.6 Å². The highest BCUT2D eigenvalue weighted by Gasteiger charge is 2.32. The molecule has 0 aliphatic carbocycles. The van der Waals surface area contributed by atoms with E-state index in [1.807, 2.05) is 0 Å². The maximum atomic E-state index is 13.1. The smallest absolute Gasteiger partial charge is 0.306 e. The lowest BCUT2D eigenvalue weighted by Gasteiger charge is -2.30. The number of benzene rings is 2. The quantitative estimate of drug-likeness (QED) is 0.771. The first kappa shape index (κ1) is 19.7.